The lowest BCUT2D eigenvalue weighted by Crippen LogP contribution is -3.00. The summed E-state index contributed by atoms with van der Waals surface area (Å²) in [6.45, 7) is 0. The number of allylic oxidation sites excluding steroid dienone is 2. The fourth-order valence-corrected chi connectivity index (χ4v) is 0.420. The standard InChI is InChI=1S/C5H5NO.ClH/c7-5-3-1-2-4-6-5;/h1-4H,(H,6,7);1H. The van der Waals surface area contributed by atoms with Crippen LogP contribution in [0.3, 0.4) is 0 Å². The van der Waals surface area contributed by atoms with Crippen molar-refractivity contribution in [1.82, 2.24) is 0 Å². The molecule has 0 aromatic heterocycles. The van der Waals surface area contributed by atoms with Crippen LogP contribution in [0.5, 0.6) is 0 Å². The summed E-state index contributed by atoms with van der Waals surface area (Å²) >= 11 is 0. The lowest BCUT2D eigenvalue weighted by molar-refractivity contribution is -0.495. The van der Waals surface area contributed by atoms with Crippen LogP contribution < -0.4 is 17.7 Å². The van der Waals surface area contributed by atoms with Crippen molar-refractivity contribution in [3.63, 3.8) is 0 Å². The van der Waals surface area contributed by atoms with Gasteiger partial charge < -0.3 is 12.4 Å². The minimum Gasteiger partial charge on any atom is -1.00 e. The van der Waals surface area contributed by atoms with E-state index in [2.05, 4.69) is 0 Å². The van der Waals surface area contributed by atoms with Gasteiger partial charge in [-0.3, -0.25) is 5.32 Å². The van der Waals surface area contributed by atoms with Crippen molar-refractivity contribution in [3.05, 3.63) is 24.4 Å². The topological polar surface area (TPSA) is 33.7 Å². The molecule has 0 bridgehead atoms. The number of halogens is 1. The van der Waals surface area contributed by atoms with Crippen LogP contribution in [0, 0.1) is 0 Å². The van der Waals surface area contributed by atoms with E-state index in [0.29, 0.717) is 0 Å². The molecule has 1 amide bonds. The van der Waals surface area contributed by atoms with Crippen molar-refractivity contribution in [3.8, 4) is 0 Å². The lowest BCUT2D eigenvalue weighted by Gasteiger charge is -1.86. The Bertz CT molecular complexity index is 139. The van der Waals surface area contributed by atoms with E-state index in [4.69, 9.17) is 0 Å². The van der Waals surface area contributed by atoms with Gasteiger partial charge in [0.15, 0.2) is 0 Å². The first-order valence-corrected chi connectivity index (χ1v) is 2.11. The molecule has 0 aromatic carbocycles. The third kappa shape index (κ3) is 1.91. The number of nitrogens with two attached hydrogens (primary N) is 1. The maximum atomic E-state index is 10.3. The SMILES string of the molecule is O=C1C=CC=C[NH2+]1.[Cl-]. The summed E-state index contributed by atoms with van der Waals surface area (Å²) in [4.78, 5) is 10.3. The van der Waals surface area contributed by atoms with Crippen molar-refractivity contribution >= 4 is 5.91 Å². The number of hydrogen-bond donors (Lipinski definition) is 1. The molecular weight excluding hydrogens is 126 g/mol. The number of amides is 1. The summed E-state index contributed by atoms with van der Waals surface area (Å²) in [6, 6.07) is 0. The maximum Gasteiger partial charge on any atom is 0.339 e. The van der Waals surface area contributed by atoms with E-state index in [1.165, 1.54) is 11.4 Å². The molecule has 44 valence electrons. The third-order valence-corrected chi connectivity index (χ3v) is 0.743. The van der Waals surface area contributed by atoms with E-state index in [1.54, 1.807) is 12.3 Å². The van der Waals surface area contributed by atoms with Crippen LogP contribution in [-0.4, -0.2) is 5.91 Å². The van der Waals surface area contributed by atoms with Crippen molar-refractivity contribution in [2.45, 2.75) is 0 Å². The average molecular weight is 132 g/mol. The van der Waals surface area contributed by atoms with Crippen molar-refractivity contribution in [2.75, 3.05) is 0 Å². The molecule has 2 N–H and O–H groups in total. The van der Waals surface area contributed by atoms with Gasteiger partial charge in [-0.05, 0) is 12.2 Å². The van der Waals surface area contributed by atoms with Crippen LogP contribution in [0.25, 0.3) is 0 Å². The van der Waals surface area contributed by atoms with Crippen LogP contribution in [0.15, 0.2) is 24.4 Å². The van der Waals surface area contributed by atoms with Crippen LogP contribution >= 0.6 is 0 Å². The second-order valence-corrected chi connectivity index (χ2v) is 1.31. The Kier molecular flexibility index (Phi) is 3.15. The van der Waals surface area contributed by atoms with Gasteiger partial charge in [0.25, 0.3) is 0 Å². The van der Waals surface area contributed by atoms with Gasteiger partial charge in [-0.1, -0.05) is 0 Å². The number of rotatable bonds is 0. The van der Waals surface area contributed by atoms with E-state index in [-0.39, 0.29) is 18.3 Å². The van der Waals surface area contributed by atoms with Crippen LogP contribution in [0.1, 0.15) is 0 Å². The molecule has 0 radical (unpaired) electrons. The molecule has 0 aromatic rings. The third-order valence-electron chi connectivity index (χ3n) is 0.743. The van der Waals surface area contributed by atoms with Gasteiger partial charge in [0.05, 0.1) is 0 Å². The molecule has 0 spiro atoms. The second-order valence-electron chi connectivity index (χ2n) is 1.31. The van der Waals surface area contributed by atoms with Crippen molar-refractivity contribution in [1.29, 1.82) is 0 Å². The van der Waals surface area contributed by atoms with Gasteiger partial charge >= 0.3 is 5.91 Å². The molecule has 0 saturated carbocycles. The quantitative estimate of drug-likeness (QED) is 0.359. The summed E-state index contributed by atoms with van der Waals surface area (Å²) in [7, 11) is 0. The van der Waals surface area contributed by atoms with Crippen molar-refractivity contribution in [2.24, 2.45) is 0 Å². The Morgan fingerprint density at radius 3 is 2.38 bits per heavy atom. The molecule has 0 saturated heterocycles. The molecular formula is C5H6ClNO. The van der Waals surface area contributed by atoms with E-state index in [9.17, 15) is 4.79 Å². The zero-order valence-corrected chi connectivity index (χ0v) is 4.93. The summed E-state index contributed by atoms with van der Waals surface area (Å²) in [5, 5.41) is 1.53. The first-order valence-electron chi connectivity index (χ1n) is 2.11. The summed E-state index contributed by atoms with van der Waals surface area (Å²) < 4.78 is 0. The average Bonchev–Trinajstić information content (AvgIpc) is 1.69. The zero-order chi connectivity index (χ0) is 5.11. The zero-order valence-electron chi connectivity index (χ0n) is 4.17. The minimum absolute atomic E-state index is 0. The lowest BCUT2D eigenvalue weighted by atomic mass is 10.4. The smallest absolute Gasteiger partial charge is 0.339 e. The summed E-state index contributed by atoms with van der Waals surface area (Å²) in [5.41, 5.74) is 0. The Hall–Kier alpha value is -0.600. The fraction of sp³-hybridized carbons (Fsp3) is 0. The highest BCUT2D eigenvalue weighted by Crippen LogP contribution is 1.74. The number of carbonyl (C=O) groups excluding carboxylic acids is 1. The molecule has 0 aliphatic carbocycles. The van der Waals surface area contributed by atoms with E-state index in [0.717, 1.165) is 0 Å². The monoisotopic (exact) mass is 131 g/mol. The molecule has 0 atom stereocenters. The van der Waals surface area contributed by atoms with Gasteiger partial charge in [-0.15, -0.1) is 0 Å². The Balaban J connectivity index is 0.000000490. The second kappa shape index (κ2) is 3.41. The Morgan fingerprint density at radius 1 is 1.38 bits per heavy atom. The van der Waals surface area contributed by atoms with Crippen LogP contribution in [0.4, 0.5) is 0 Å². The highest BCUT2D eigenvalue weighted by molar-refractivity contribution is 5.79. The highest BCUT2D eigenvalue weighted by Gasteiger charge is 1.96. The number of primary amides is 1. The summed E-state index contributed by atoms with van der Waals surface area (Å²) in [5.74, 6) is 0.0718. The number of hydrogen-bond acceptors (Lipinski definition) is 1. The maximum absolute atomic E-state index is 10.3. The van der Waals surface area contributed by atoms with Crippen LogP contribution in [0.2, 0.25) is 0 Å². The normalized spacial score (nSPS) is 15.8. The van der Waals surface area contributed by atoms with E-state index >= 15 is 0 Å². The number of carbonyl (C=O) groups is 1. The van der Waals surface area contributed by atoms with Gasteiger partial charge in [-0.2, -0.15) is 0 Å². The molecule has 3 heteroatoms. The molecule has 1 aliphatic rings. The molecule has 1 heterocycles. The summed E-state index contributed by atoms with van der Waals surface area (Å²) in [6.07, 6.45) is 6.80. The van der Waals surface area contributed by atoms with E-state index < -0.39 is 0 Å². The van der Waals surface area contributed by atoms with Gasteiger partial charge in [-0.25, -0.2) is 4.79 Å². The number of quaternary nitrogens is 1. The Morgan fingerprint density at radius 2 is 2.12 bits per heavy atom. The van der Waals surface area contributed by atoms with Gasteiger partial charge in [0.1, 0.15) is 6.20 Å². The molecule has 1 aliphatic heterocycles. The molecule has 1 rings (SSSR count). The largest absolute Gasteiger partial charge is 1.00 e. The fourth-order valence-electron chi connectivity index (χ4n) is 0.420. The predicted octanol–water partition coefficient (Wildman–Crippen LogP) is -3.84. The van der Waals surface area contributed by atoms with Crippen molar-refractivity contribution < 1.29 is 22.5 Å². The van der Waals surface area contributed by atoms with Gasteiger partial charge in [0, 0.05) is 6.08 Å². The van der Waals surface area contributed by atoms with Gasteiger partial charge in [0.2, 0.25) is 0 Å². The molecule has 2 nitrogen and oxygen atoms in total. The minimum atomic E-state index is 0. The Labute approximate surface area is 53.7 Å². The first-order chi connectivity index (χ1) is 3.39. The molecule has 8 heavy (non-hydrogen) atoms. The molecule has 0 fully saturated rings. The predicted molar refractivity (Wildman–Crippen MR) is 25.2 cm³/mol. The molecule has 0 unspecified atom stereocenters. The van der Waals surface area contributed by atoms with E-state index in [1.807, 2.05) is 6.08 Å². The highest BCUT2D eigenvalue weighted by atomic mass is 35.5. The first kappa shape index (κ1) is 7.40. The van der Waals surface area contributed by atoms with Crippen LogP contribution in [-0.2, 0) is 4.79 Å².